The van der Waals surface area contributed by atoms with Crippen molar-refractivity contribution in [3.8, 4) is 0 Å². The second-order valence-electron chi connectivity index (χ2n) is 4.81. The summed E-state index contributed by atoms with van der Waals surface area (Å²) in [6, 6.07) is 10.2. The first kappa shape index (κ1) is 16.8. The van der Waals surface area contributed by atoms with Crippen LogP contribution < -0.4 is 0 Å². The number of hydrogen-bond acceptors (Lipinski definition) is 0. The lowest BCUT2D eigenvalue weighted by atomic mass is 9.89. The van der Waals surface area contributed by atoms with Crippen LogP contribution in [-0.2, 0) is 0 Å². The lowest BCUT2D eigenvalue weighted by molar-refractivity contribution is 0.624. The quantitative estimate of drug-likeness (QED) is 0.441. The van der Waals surface area contributed by atoms with E-state index in [2.05, 4.69) is 0 Å². The Morgan fingerprint density at radius 1 is 0.762 bits per heavy atom. The van der Waals surface area contributed by atoms with Gasteiger partial charge in [-0.2, -0.15) is 0 Å². The van der Waals surface area contributed by atoms with Crippen molar-refractivity contribution in [3.63, 3.8) is 0 Å². The summed E-state index contributed by atoms with van der Waals surface area (Å²) in [6.45, 7) is 0. The first-order valence-electron chi connectivity index (χ1n) is 6.43. The molecule has 0 amide bonds. The number of hydrogen-bond donors (Lipinski definition) is 0. The van der Waals surface area contributed by atoms with Crippen LogP contribution in [0.2, 0.25) is 6.04 Å². The molecule has 0 fully saturated rings. The summed E-state index contributed by atoms with van der Waals surface area (Å²) in [6.07, 6.45) is 0.625. The normalized spacial score (nSPS) is 11.9. The Hall–Kier alpha value is -0.613. The molecule has 0 aromatic heterocycles. The molecule has 21 heavy (non-hydrogen) atoms. The topological polar surface area (TPSA) is 0 Å². The van der Waals surface area contributed by atoms with Crippen LogP contribution in [0.3, 0.4) is 0 Å². The van der Waals surface area contributed by atoms with Gasteiger partial charge in [0.1, 0.15) is 11.6 Å². The van der Waals surface area contributed by atoms with Crippen LogP contribution >= 0.6 is 33.2 Å². The van der Waals surface area contributed by atoms with Gasteiger partial charge >= 0.3 is 6.00 Å². The van der Waals surface area contributed by atoms with Gasteiger partial charge in [-0.3, -0.25) is 0 Å². The maximum atomic E-state index is 13.1. The Morgan fingerprint density at radius 2 is 1.14 bits per heavy atom. The monoisotopic (exact) mass is 364 g/mol. The van der Waals surface area contributed by atoms with Crippen molar-refractivity contribution >= 4 is 39.2 Å². The first-order chi connectivity index (χ1) is 9.85. The summed E-state index contributed by atoms with van der Waals surface area (Å²) in [4.78, 5) is 0. The fraction of sp³-hybridized carbons (Fsp3) is 0.200. The Labute approximate surface area is 137 Å². The number of halogens is 5. The van der Waals surface area contributed by atoms with Crippen LogP contribution in [0.25, 0.3) is 0 Å². The Balaban J connectivity index is 2.29. The molecule has 0 aliphatic rings. The number of benzene rings is 2. The maximum Gasteiger partial charge on any atom is 0.341 e. The van der Waals surface area contributed by atoms with Crippen molar-refractivity contribution in [2.45, 2.75) is 18.4 Å². The second-order valence-corrected chi connectivity index (χ2v) is 14.1. The molecule has 0 saturated heterocycles. The zero-order valence-corrected chi connectivity index (χ0v) is 14.3. The van der Waals surface area contributed by atoms with E-state index in [1.165, 1.54) is 24.3 Å². The predicted molar refractivity (Wildman–Crippen MR) is 87.4 cm³/mol. The maximum absolute atomic E-state index is 13.1. The Kier molecular flexibility index (Phi) is 5.66. The van der Waals surface area contributed by atoms with E-state index in [-0.39, 0.29) is 17.6 Å². The van der Waals surface area contributed by atoms with Crippen molar-refractivity contribution in [3.05, 3.63) is 71.3 Å². The zero-order valence-electron chi connectivity index (χ0n) is 11.0. The van der Waals surface area contributed by atoms with Gasteiger partial charge in [-0.25, -0.2) is 8.78 Å². The van der Waals surface area contributed by atoms with Crippen molar-refractivity contribution in [2.75, 3.05) is 0 Å². The molecule has 0 aliphatic heterocycles. The van der Waals surface area contributed by atoms with Crippen molar-refractivity contribution in [1.82, 2.24) is 0 Å². The van der Waals surface area contributed by atoms with Crippen LogP contribution in [0.15, 0.2) is 48.5 Å². The minimum atomic E-state index is -2.74. The average molecular weight is 366 g/mol. The molecule has 0 heterocycles. The van der Waals surface area contributed by atoms with Gasteiger partial charge in [0.05, 0.1) is 0 Å². The fourth-order valence-corrected chi connectivity index (χ4v) is 3.82. The summed E-state index contributed by atoms with van der Waals surface area (Å²) < 4.78 is 26.1. The Bertz CT molecular complexity index is 534. The van der Waals surface area contributed by atoms with E-state index in [4.69, 9.17) is 33.2 Å². The van der Waals surface area contributed by atoms with Crippen LogP contribution in [0, 0.1) is 11.6 Å². The highest BCUT2D eigenvalue weighted by Gasteiger charge is 2.27. The largest absolute Gasteiger partial charge is 0.341 e. The average Bonchev–Trinajstić information content (AvgIpc) is 2.41. The van der Waals surface area contributed by atoms with Crippen molar-refractivity contribution < 1.29 is 8.78 Å². The van der Waals surface area contributed by atoms with Gasteiger partial charge in [0.2, 0.25) is 0 Å². The molecule has 0 spiro atoms. The van der Waals surface area contributed by atoms with E-state index >= 15 is 0 Å². The highest BCUT2D eigenvalue weighted by Crippen LogP contribution is 2.35. The second kappa shape index (κ2) is 7.10. The molecule has 2 aromatic rings. The lowest BCUT2D eigenvalue weighted by Gasteiger charge is -2.19. The summed E-state index contributed by atoms with van der Waals surface area (Å²) >= 11 is 17.9. The van der Waals surface area contributed by atoms with E-state index in [0.717, 1.165) is 11.1 Å². The molecule has 6 heteroatoms. The van der Waals surface area contributed by atoms with Gasteiger partial charge in [0.25, 0.3) is 0 Å². The van der Waals surface area contributed by atoms with Crippen LogP contribution in [0.5, 0.6) is 0 Å². The predicted octanol–water partition coefficient (Wildman–Crippen LogP) is 6.14. The number of rotatable bonds is 5. The van der Waals surface area contributed by atoms with Crippen molar-refractivity contribution in [2.24, 2.45) is 0 Å². The molecule has 2 rings (SSSR count). The summed E-state index contributed by atoms with van der Waals surface area (Å²) in [7, 11) is 0. The molecule has 0 radical (unpaired) electrons. The molecule has 0 bridgehead atoms. The molecule has 0 N–H and O–H groups in total. The SMILES string of the molecule is Fc1ccc(C(CC[Si](Cl)(Cl)Cl)c2ccc(F)cc2)cc1. The van der Waals surface area contributed by atoms with Gasteiger partial charge in [0, 0.05) is 5.92 Å². The highest BCUT2D eigenvalue weighted by atomic mass is 35.8. The van der Waals surface area contributed by atoms with E-state index in [1.54, 1.807) is 24.3 Å². The minimum absolute atomic E-state index is 0.0469. The molecule has 0 aliphatic carbocycles. The molecular formula is C15H13Cl3F2Si. The van der Waals surface area contributed by atoms with Gasteiger partial charge in [0.15, 0.2) is 0 Å². The summed E-state index contributed by atoms with van der Waals surface area (Å²) in [5.74, 6) is -0.644. The van der Waals surface area contributed by atoms with Gasteiger partial charge < -0.3 is 0 Å². The Morgan fingerprint density at radius 3 is 1.48 bits per heavy atom. The van der Waals surface area contributed by atoms with Crippen LogP contribution in [-0.4, -0.2) is 6.00 Å². The minimum Gasteiger partial charge on any atom is -0.207 e. The third-order valence-electron chi connectivity index (χ3n) is 3.26. The smallest absolute Gasteiger partial charge is 0.207 e. The molecule has 0 atom stereocenters. The molecule has 112 valence electrons. The summed E-state index contributed by atoms with van der Waals surface area (Å²) in [5, 5.41) is 0. The molecule has 0 nitrogen and oxygen atoms in total. The van der Waals surface area contributed by atoms with Crippen molar-refractivity contribution in [1.29, 1.82) is 0 Å². The van der Waals surface area contributed by atoms with Crippen LogP contribution in [0.4, 0.5) is 8.78 Å². The standard InChI is InChI=1S/C15H13Cl3F2Si/c16-21(17,18)10-9-15(11-1-5-13(19)6-2-11)12-3-7-14(20)8-4-12/h1-8,15H,9-10H2. The van der Waals surface area contributed by atoms with Gasteiger partial charge in [-0.1, -0.05) is 24.3 Å². The van der Waals surface area contributed by atoms with Crippen LogP contribution in [0.1, 0.15) is 23.5 Å². The highest BCUT2D eigenvalue weighted by molar-refractivity contribution is 7.64. The third-order valence-corrected chi connectivity index (χ3v) is 5.82. The first-order valence-corrected chi connectivity index (χ1v) is 11.7. The lowest BCUT2D eigenvalue weighted by Crippen LogP contribution is -2.12. The van der Waals surface area contributed by atoms with Gasteiger partial charge in [-0.15, -0.1) is 33.2 Å². The molecule has 0 unspecified atom stereocenters. The summed E-state index contributed by atoms with van der Waals surface area (Å²) in [5.41, 5.74) is 1.84. The van der Waals surface area contributed by atoms with Gasteiger partial charge in [-0.05, 0) is 47.9 Å². The molecule has 0 saturated carbocycles. The zero-order chi connectivity index (χ0) is 15.5. The van der Waals surface area contributed by atoms with E-state index in [0.29, 0.717) is 12.5 Å². The molecular weight excluding hydrogens is 353 g/mol. The molecule has 2 aromatic carbocycles. The third kappa shape index (κ3) is 5.26. The van der Waals surface area contributed by atoms with E-state index in [1.807, 2.05) is 0 Å². The van der Waals surface area contributed by atoms with E-state index < -0.39 is 6.00 Å². The fourth-order valence-electron chi connectivity index (χ4n) is 2.22. The van der Waals surface area contributed by atoms with E-state index in [9.17, 15) is 8.78 Å².